The number of nitrogens with one attached hydrogen (secondary N) is 1. The number of furan rings is 1. The molecular formula is C16H22N2O. The van der Waals surface area contributed by atoms with Gasteiger partial charge in [-0.3, -0.25) is 0 Å². The van der Waals surface area contributed by atoms with Crippen LogP contribution in [-0.4, -0.2) is 13.6 Å². The van der Waals surface area contributed by atoms with E-state index in [2.05, 4.69) is 55.4 Å². The summed E-state index contributed by atoms with van der Waals surface area (Å²) in [7, 11) is 2.07. The average Bonchev–Trinajstić information content (AvgIpc) is 2.92. The molecule has 0 bridgehead atoms. The second kappa shape index (κ2) is 6.43. The number of rotatable bonds is 6. The normalized spacial score (nSPS) is 12.4. The van der Waals surface area contributed by atoms with Crippen LogP contribution in [-0.2, 0) is 6.54 Å². The van der Waals surface area contributed by atoms with E-state index in [1.807, 2.05) is 12.1 Å². The fraction of sp³-hybridized carbons (Fsp3) is 0.375. The van der Waals surface area contributed by atoms with Crippen LogP contribution in [0.15, 0.2) is 47.1 Å². The second-order valence-electron chi connectivity index (χ2n) is 4.81. The van der Waals surface area contributed by atoms with E-state index in [1.54, 1.807) is 6.26 Å². The highest BCUT2D eigenvalue weighted by Gasteiger charge is 2.06. The average molecular weight is 258 g/mol. The summed E-state index contributed by atoms with van der Waals surface area (Å²) in [6, 6.07) is 13.0. The molecule has 19 heavy (non-hydrogen) atoms. The molecule has 1 aromatic heterocycles. The van der Waals surface area contributed by atoms with Gasteiger partial charge in [-0.1, -0.05) is 19.1 Å². The van der Waals surface area contributed by atoms with Gasteiger partial charge in [0, 0.05) is 18.8 Å². The van der Waals surface area contributed by atoms with Crippen LogP contribution in [0.4, 0.5) is 5.69 Å². The van der Waals surface area contributed by atoms with Gasteiger partial charge in [0.05, 0.1) is 12.8 Å². The molecule has 0 radical (unpaired) electrons. The third-order valence-electron chi connectivity index (χ3n) is 3.32. The molecule has 3 nitrogen and oxygen atoms in total. The minimum Gasteiger partial charge on any atom is -0.467 e. The first-order valence-electron chi connectivity index (χ1n) is 6.77. The van der Waals surface area contributed by atoms with Crippen molar-refractivity contribution in [3.63, 3.8) is 0 Å². The van der Waals surface area contributed by atoms with Crippen molar-refractivity contribution in [2.45, 2.75) is 26.4 Å². The molecular weight excluding hydrogens is 236 g/mol. The van der Waals surface area contributed by atoms with Gasteiger partial charge in [0.25, 0.3) is 0 Å². The zero-order valence-electron chi connectivity index (χ0n) is 11.9. The van der Waals surface area contributed by atoms with Crippen molar-refractivity contribution < 1.29 is 4.42 Å². The molecule has 0 saturated carbocycles. The second-order valence-corrected chi connectivity index (χ2v) is 4.81. The molecule has 0 aliphatic carbocycles. The fourth-order valence-electron chi connectivity index (χ4n) is 2.17. The van der Waals surface area contributed by atoms with E-state index < -0.39 is 0 Å². The molecule has 1 N–H and O–H groups in total. The highest BCUT2D eigenvalue weighted by Crippen LogP contribution is 2.19. The molecule has 0 aliphatic heterocycles. The maximum absolute atomic E-state index is 5.37. The number of hydrogen-bond donors (Lipinski definition) is 1. The summed E-state index contributed by atoms with van der Waals surface area (Å²) in [5.74, 6) is 0.979. The zero-order valence-corrected chi connectivity index (χ0v) is 11.9. The predicted octanol–water partition coefficient (Wildman–Crippen LogP) is 3.59. The third-order valence-corrected chi connectivity index (χ3v) is 3.32. The highest BCUT2D eigenvalue weighted by atomic mass is 16.3. The summed E-state index contributed by atoms with van der Waals surface area (Å²) in [5.41, 5.74) is 2.51. The van der Waals surface area contributed by atoms with Crippen molar-refractivity contribution in [3.8, 4) is 0 Å². The smallest absolute Gasteiger partial charge is 0.123 e. The number of anilines is 1. The van der Waals surface area contributed by atoms with Gasteiger partial charge in [-0.05, 0) is 43.3 Å². The Labute approximate surface area is 115 Å². The Hall–Kier alpha value is -1.74. The van der Waals surface area contributed by atoms with Crippen LogP contribution < -0.4 is 10.2 Å². The molecule has 1 heterocycles. The predicted molar refractivity (Wildman–Crippen MR) is 79.3 cm³/mol. The van der Waals surface area contributed by atoms with Gasteiger partial charge < -0.3 is 14.6 Å². The highest BCUT2D eigenvalue weighted by molar-refractivity contribution is 5.47. The summed E-state index contributed by atoms with van der Waals surface area (Å²) in [6.07, 6.45) is 1.71. The van der Waals surface area contributed by atoms with Gasteiger partial charge >= 0.3 is 0 Å². The lowest BCUT2D eigenvalue weighted by Crippen LogP contribution is -2.18. The Bertz CT molecular complexity index is 476. The van der Waals surface area contributed by atoms with Gasteiger partial charge in [0.2, 0.25) is 0 Å². The van der Waals surface area contributed by atoms with Gasteiger partial charge in [-0.2, -0.15) is 0 Å². The number of nitrogens with zero attached hydrogens (tertiary/aromatic N) is 1. The van der Waals surface area contributed by atoms with Crippen LogP contribution in [0, 0.1) is 0 Å². The topological polar surface area (TPSA) is 28.4 Å². The minimum atomic E-state index is 0.398. The van der Waals surface area contributed by atoms with Crippen LogP contribution >= 0.6 is 0 Å². The van der Waals surface area contributed by atoms with E-state index in [9.17, 15) is 0 Å². The largest absolute Gasteiger partial charge is 0.467 e. The molecule has 0 aliphatic rings. The monoisotopic (exact) mass is 258 g/mol. The van der Waals surface area contributed by atoms with Crippen molar-refractivity contribution in [3.05, 3.63) is 54.0 Å². The van der Waals surface area contributed by atoms with Crippen LogP contribution in [0.25, 0.3) is 0 Å². The van der Waals surface area contributed by atoms with Crippen LogP contribution in [0.3, 0.4) is 0 Å². The van der Waals surface area contributed by atoms with E-state index in [4.69, 9.17) is 4.42 Å². The van der Waals surface area contributed by atoms with E-state index in [-0.39, 0.29) is 0 Å². The van der Waals surface area contributed by atoms with Crippen LogP contribution in [0.5, 0.6) is 0 Å². The quantitative estimate of drug-likeness (QED) is 0.858. The van der Waals surface area contributed by atoms with Crippen molar-refractivity contribution in [1.29, 1.82) is 0 Å². The van der Waals surface area contributed by atoms with Crippen molar-refractivity contribution in [2.24, 2.45) is 0 Å². The Balaban J connectivity index is 2.01. The maximum Gasteiger partial charge on any atom is 0.123 e. The number of benzene rings is 1. The Morgan fingerprint density at radius 3 is 2.53 bits per heavy atom. The van der Waals surface area contributed by atoms with Crippen molar-refractivity contribution >= 4 is 5.69 Å². The molecule has 1 unspecified atom stereocenters. The third kappa shape index (κ3) is 3.61. The Morgan fingerprint density at radius 1 is 1.21 bits per heavy atom. The Kier molecular flexibility index (Phi) is 4.63. The van der Waals surface area contributed by atoms with Crippen LogP contribution in [0.2, 0.25) is 0 Å². The molecule has 1 aromatic carbocycles. The lowest BCUT2D eigenvalue weighted by molar-refractivity contribution is 0.507. The lowest BCUT2D eigenvalue weighted by Gasteiger charge is -2.19. The molecule has 0 amide bonds. The summed E-state index contributed by atoms with van der Waals surface area (Å²) < 4.78 is 5.37. The van der Waals surface area contributed by atoms with E-state index in [0.717, 1.165) is 18.8 Å². The molecule has 2 rings (SSSR count). The van der Waals surface area contributed by atoms with Crippen LogP contribution in [0.1, 0.15) is 31.2 Å². The number of hydrogen-bond acceptors (Lipinski definition) is 3. The van der Waals surface area contributed by atoms with E-state index in [1.165, 1.54) is 11.3 Å². The molecule has 1 atom stereocenters. The molecule has 102 valence electrons. The minimum absolute atomic E-state index is 0.398. The van der Waals surface area contributed by atoms with Gasteiger partial charge in [0.15, 0.2) is 0 Å². The summed E-state index contributed by atoms with van der Waals surface area (Å²) >= 11 is 0. The SMILES string of the molecule is CCNC(C)c1ccc(N(C)Cc2ccco2)cc1. The van der Waals surface area contributed by atoms with Crippen molar-refractivity contribution in [1.82, 2.24) is 5.32 Å². The van der Waals surface area contributed by atoms with E-state index in [0.29, 0.717) is 6.04 Å². The summed E-state index contributed by atoms with van der Waals surface area (Å²) in [5, 5.41) is 3.42. The molecule has 0 spiro atoms. The van der Waals surface area contributed by atoms with Gasteiger partial charge in [-0.25, -0.2) is 0 Å². The van der Waals surface area contributed by atoms with E-state index >= 15 is 0 Å². The summed E-state index contributed by atoms with van der Waals surface area (Å²) in [4.78, 5) is 2.18. The van der Waals surface area contributed by atoms with Gasteiger partial charge in [0.1, 0.15) is 5.76 Å². The fourth-order valence-corrected chi connectivity index (χ4v) is 2.17. The molecule has 0 saturated heterocycles. The lowest BCUT2D eigenvalue weighted by atomic mass is 10.1. The maximum atomic E-state index is 5.37. The molecule has 2 aromatic rings. The van der Waals surface area contributed by atoms with Crippen molar-refractivity contribution in [2.75, 3.05) is 18.5 Å². The molecule has 3 heteroatoms. The summed E-state index contributed by atoms with van der Waals surface area (Å²) in [6.45, 7) is 6.09. The first-order valence-corrected chi connectivity index (χ1v) is 6.77. The first kappa shape index (κ1) is 13.7. The Morgan fingerprint density at radius 2 is 1.95 bits per heavy atom. The standard InChI is InChI=1S/C16H22N2O/c1-4-17-13(2)14-7-9-15(10-8-14)18(3)12-16-6-5-11-19-16/h5-11,13,17H,4,12H2,1-3H3. The first-order chi connectivity index (χ1) is 9.20. The zero-order chi connectivity index (χ0) is 13.7. The van der Waals surface area contributed by atoms with Gasteiger partial charge in [-0.15, -0.1) is 0 Å². The molecule has 0 fully saturated rings.